The number of ether oxygens (including phenoxy) is 6. The highest BCUT2D eigenvalue weighted by Gasteiger charge is 2.33. The summed E-state index contributed by atoms with van der Waals surface area (Å²) in [5.41, 5.74) is 0. The van der Waals surface area contributed by atoms with Crippen molar-refractivity contribution in [2.45, 2.75) is 298 Å². The summed E-state index contributed by atoms with van der Waals surface area (Å²) in [5.74, 6) is -0.0567. The maximum atomic E-state index is 13.3. The van der Waals surface area contributed by atoms with Crippen LogP contribution in [0.2, 0.25) is 0 Å². The van der Waals surface area contributed by atoms with E-state index in [2.05, 4.69) is 32.6 Å². The Bertz CT molecular complexity index is 1560. The van der Waals surface area contributed by atoms with Crippen LogP contribution in [-0.2, 0) is 57.2 Å². The van der Waals surface area contributed by atoms with Crippen molar-refractivity contribution in [1.82, 2.24) is 4.90 Å². The van der Waals surface area contributed by atoms with Crippen LogP contribution in [0.5, 0.6) is 0 Å². The summed E-state index contributed by atoms with van der Waals surface area (Å²) < 4.78 is 35.0. The normalized spacial score (nSPS) is 23.8. The van der Waals surface area contributed by atoms with E-state index >= 15 is 0 Å². The zero-order chi connectivity index (χ0) is 61.3. The molecule has 1 unspecified atom stereocenters. The summed E-state index contributed by atoms with van der Waals surface area (Å²) in [5, 5.41) is 10.3. The van der Waals surface area contributed by atoms with Crippen LogP contribution in [0.25, 0.3) is 0 Å². The van der Waals surface area contributed by atoms with Gasteiger partial charge in [0.25, 0.3) is 0 Å². The Kier molecular flexibility index (Phi) is 40.1. The van der Waals surface area contributed by atoms with E-state index in [0.717, 1.165) is 142 Å². The predicted octanol–water partition coefficient (Wildman–Crippen LogP) is 15.8. The van der Waals surface area contributed by atoms with Crippen molar-refractivity contribution in [1.29, 1.82) is 0 Å². The van der Waals surface area contributed by atoms with E-state index in [-0.39, 0.29) is 112 Å². The monoisotopic (exact) mass is 1200 g/mol. The summed E-state index contributed by atoms with van der Waals surface area (Å²) in [6.45, 7) is 12.9. The molecular weight excluding hydrogens is 1070 g/mol. The van der Waals surface area contributed by atoms with Gasteiger partial charge in [-0.05, 0) is 172 Å². The SMILES string of the molecule is CCCCCC1CCC(C(=O)OCC(COC(=O)CCCCCN(CCCCCC(=O)OCC(COC(=O)C2CCC(CCCCC)CC2)COC(=O)C2CCC(CCCCC)CC2)CC(C)O)COC(=O)C2CCC(CCCCC)CC2)CC1. The molecule has 1 atom stereocenters. The van der Waals surface area contributed by atoms with E-state index in [1.807, 2.05) is 0 Å². The van der Waals surface area contributed by atoms with Gasteiger partial charge in [0.2, 0.25) is 0 Å². The number of nitrogens with zero attached hydrogens (tertiary/aromatic N) is 1. The number of esters is 6. The van der Waals surface area contributed by atoms with E-state index in [9.17, 15) is 33.9 Å². The van der Waals surface area contributed by atoms with Gasteiger partial charge in [0.1, 0.15) is 39.6 Å². The zero-order valence-electron chi connectivity index (χ0n) is 54.8. The number of hydrogen-bond donors (Lipinski definition) is 1. The molecule has 0 aromatic carbocycles. The van der Waals surface area contributed by atoms with Gasteiger partial charge < -0.3 is 38.4 Å². The third-order valence-corrected chi connectivity index (χ3v) is 19.6. The number of rotatable bonds is 46. The van der Waals surface area contributed by atoms with Gasteiger partial charge in [0, 0.05) is 19.4 Å². The maximum absolute atomic E-state index is 13.3. The lowest BCUT2D eigenvalue weighted by Crippen LogP contribution is -2.33. The lowest BCUT2D eigenvalue weighted by molar-refractivity contribution is -0.161. The number of aliphatic hydroxyl groups excluding tert-OH is 1. The van der Waals surface area contributed by atoms with Gasteiger partial charge in [-0.15, -0.1) is 0 Å². The Morgan fingerprint density at radius 2 is 0.612 bits per heavy atom. The second-order valence-corrected chi connectivity index (χ2v) is 27.2. The molecule has 4 aliphatic rings. The van der Waals surface area contributed by atoms with Gasteiger partial charge in [0.05, 0.1) is 41.6 Å². The molecule has 14 nitrogen and oxygen atoms in total. The predicted molar refractivity (Wildman–Crippen MR) is 336 cm³/mol. The van der Waals surface area contributed by atoms with E-state index in [4.69, 9.17) is 28.4 Å². The van der Waals surface area contributed by atoms with Crippen molar-refractivity contribution >= 4 is 35.8 Å². The van der Waals surface area contributed by atoms with Crippen molar-refractivity contribution in [3.8, 4) is 0 Å². The average Bonchev–Trinajstić information content (AvgIpc) is 3.66. The van der Waals surface area contributed by atoms with E-state index in [1.165, 1.54) is 103 Å². The first-order valence-electron chi connectivity index (χ1n) is 35.7. The van der Waals surface area contributed by atoms with E-state index in [1.54, 1.807) is 6.92 Å². The molecule has 0 radical (unpaired) electrons. The van der Waals surface area contributed by atoms with Crippen molar-refractivity contribution in [3.05, 3.63) is 0 Å². The van der Waals surface area contributed by atoms with Crippen LogP contribution in [0.3, 0.4) is 0 Å². The Morgan fingerprint density at radius 1 is 0.353 bits per heavy atom. The molecule has 0 aromatic heterocycles. The fraction of sp³-hybridized carbons (Fsp3) is 0.915. The molecule has 0 bridgehead atoms. The van der Waals surface area contributed by atoms with Crippen LogP contribution in [0.4, 0.5) is 0 Å². The first-order chi connectivity index (χ1) is 41.3. The van der Waals surface area contributed by atoms with Crippen LogP contribution < -0.4 is 0 Å². The topological polar surface area (TPSA) is 181 Å². The minimum absolute atomic E-state index is 0.0164. The fourth-order valence-electron chi connectivity index (χ4n) is 13.8. The number of aliphatic hydroxyl groups is 1. The molecule has 492 valence electrons. The molecule has 1 N–H and O–H groups in total. The second-order valence-electron chi connectivity index (χ2n) is 27.2. The number of unbranched alkanes of at least 4 members (excludes halogenated alkanes) is 12. The average molecular weight is 1200 g/mol. The molecular formula is C71H125NO13. The number of carbonyl (C=O) groups is 6. The summed E-state index contributed by atoms with van der Waals surface area (Å²) in [7, 11) is 0. The molecule has 0 aromatic rings. The van der Waals surface area contributed by atoms with Crippen molar-refractivity contribution in [2.24, 2.45) is 59.2 Å². The fourth-order valence-corrected chi connectivity index (χ4v) is 13.8. The summed E-state index contributed by atoms with van der Waals surface area (Å²) in [4.78, 5) is 81.5. The Morgan fingerprint density at radius 3 is 0.859 bits per heavy atom. The summed E-state index contributed by atoms with van der Waals surface area (Å²) in [6.07, 6.45) is 39.5. The second kappa shape index (κ2) is 45.9. The number of carbonyl (C=O) groups excluding carboxylic acids is 6. The van der Waals surface area contributed by atoms with E-state index in [0.29, 0.717) is 43.1 Å². The van der Waals surface area contributed by atoms with Gasteiger partial charge >= 0.3 is 35.8 Å². The van der Waals surface area contributed by atoms with Gasteiger partial charge in [-0.3, -0.25) is 28.8 Å². The largest absolute Gasteiger partial charge is 0.465 e. The molecule has 0 saturated heterocycles. The number of hydrogen-bond acceptors (Lipinski definition) is 14. The van der Waals surface area contributed by atoms with Gasteiger partial charge in [-0.2, -0.15) is 0 Å². The van der Waals surface area contributed by atoms with Crippen molar-refractivity contribution in [3.63, 3.8) is 0 Å². The zero-order valence-corrected chi connectivity index (χ0v) is 54.8. The quantitative estimate of drug-likeness (QED) is 0.0345. The highest BCUT2D eigenvalue weighted by atomic mass is 16.6. The molecule has 14 heteroatoms. The Hall–Kier alpha value is -3.26. The van der Waals surface area contributed by atoms with E-state index < -0.39 is 17.9 Å². The third-order valence-electron chi connectivity index (χ3n) is 19.6. The highest BCUT2D eigenvalue weighted by Crippen LogP contribution is 2.36. The van der Waals surface area contributed by atoms with Crippen molar-refractivity contribution < 1.29 is 62.3 Å². The van der Waals surface area contributed by atoms with Gasteiger partial charge in [-0.25, -0.2) is 0 Å². The van der Waals surface area contributed by atoms with Gasteiger partial charge in [-0.1, -0.05) is 143 Å². The molecule has 0 aliphatic heterocycles. The highest BCUT2D eigenvalue weighted by molar-refractivity contribution is 5.74. The molecule has 0 spiro atoms. The molecule has 4 rings (SSSR count). The van der Waals surface area contributed by atoms with Crippen LogP contribution >= 0.6 is 0 Å². The molecule has 4 aliphatic carbocycles. The smallest absolute Gasteiger partial charge is 0.308 e. The minimum atomic E-state index is -0.501. The summed E-state index contributed by atoms with van der Waals surface area (Å²) >= 11 is 0. The standard InChI is InChI=1S/C71H125NO13/c1-6-10-16-24-56-30-38-62(39-31-56)68(76)82-51-60(52-83-69(77)63-40-32-57(33-41-63)25-17-11-7-2)49-80-66(74)28-20-14-22-46-72(48-55(5)73)47-23-15-21-29-67(75)81-50-61(53-84-70(78)64-42-34-58(35-43-64)26-18-12-8-3)54-85-71(79)65-44-36-59(37-45-65)27-19-13-9-4/h55-65,73H,6-54H2,1-5H3. The molecule has 4 fully saturated rings. The van der Waals surface area contributed by atoms with Crippen LogP contribution in [0.15, 0.2) is 0 Å². The van der Waals surface area contributed by atoms with Gasteiger partial charge in [0.15, 0.2) is 0 Å². The van der Waals surface area contributed by atoms with Crippen molar-refractivity contribution in [2.75, 3.05) is 59.3 Å². The first kappa shape index (κ1) is 74.2. The molecule has 0 amide bonds. The molecule has 85 heavy (non-hydrogen) atoms. The van der Waals surface area contributed by atoms with Crippen LogP contribution in [0.1, 0.15) is 291 Å². The minimum Gasteiger partial charge on any atom is -0.465 e. The maximum Gasteiger partial charge on any atom is 0.308 e. The molecule has 4 saturated carbocycles. The Balaban J connectivity index is 1.15. The Labute approximate surface area is 516 Å². The lowest BCUT2D eigenvalue weighted by Gasteiger charge is -2.28. The van der Waals surface area contributed by atoms with Crippen LogP contribution in [-0.4, -0.2) is 111 Å². The lowest BCUT2D eigenvalue weighted by atomic mass is 9.80. The van der Waals surface area contributed by atoms with Crippen LogP contribution in [0, 0.1) is 59.2 Å². The molecule has 0 heterocycles. The third kappa shape index (κ3) is 33.2. The first-order valence-corrected chi connectivity index (χ1v) is 35.7. The summed E-state index contributed by atoms with van der Waals surface area (Å²) in [6, 6.07) is 0.